The highest BCUT2D eigenvalue weighted by atomic mass is 32.1. The van der Waals surface area contributed by atoms with E-state index < -0.39 is 23.5 Å². The highest BCUT2D eigenvalue weighted by molar-refractivity contribution is 7.17. The molecule has 174 valence electrons. The molecule has 5 rings (SSSR count). The number of aromatic hydroxyl groups is 1. The molecule has 2 heterocycles. The molecular formula is C28H22N2O4S. The number of benzene rings is 3. The standard InChI is InChI=1S/C28H22N2O4S/c1-16-13-14-21(31)20(15-16)30-23(18-9-5-3-6-10-18)22(25(33)28(30)34)24(32)26-17(2)29-27(35-26)19-11-7-4-8-12-19/h3-15,23,31,33H,1-2H3. The molecule has 35 heavy (non-hydrogen) atoms. The second-order valence-corrected chi connectivity index (χ2v) is 9.37. The zero-order valence-corrected chi connectivity index (χ0v) is 19.9. The lowest BCUT2D eigenvalue weighted by Crippen LogP contribution is -2.31. The van der Waals surface area contributed by atoms with E-state index in [0.717, 1.165) is 11.1 Å². The van der Waals surface area contributed by atoms with Gasteiger partial charge < -0.3 is 10.2 Å². The number of phenolic OH excluding ortho intramolecular Hbond substituents is 1. The maximum atomic E-state index is 13.9. The zero-order valence-electron chi connectivity index (χ0n) is 19.1. The minimum Gasteiger partial charge on any atom is -0.506 e. The van der Waals surface area contributed by atoms with Crippen molar-refractivity contribution >= 4 is 28.7 Å². The summed E-state index contributed by atoms with van der Waals surface area (Å²) in [6, 6.07) is 22.5. The number of ketones is 1. The number of hydrogen-bond donors (Lipinski definition) is 2. The Balaban J connectivity index is 1.65. The molecule has 1 aliphatic rings. The van der Waals surface area contributed by atoms with Crippen LogP contribution in [0.25, 0.3) is 10.6 Å². The Bertz CT molecular complexity index is 1480. The molecule has 0 spiro atoms. The first kappa shape index (κ1) is 22.6. The molecule has 1 atom stereocenters. The fourth-order valence-corrected chi connectivity index (χ4v) is 5.32. The van der Waals surface area contributed by atoms with Crippen molar-refractivity contribution in [2.45, 2.75) is 19.9 Å². The summed E-state index contributed by atoms with van der Waals surface area (Å²) in [6.07, 6.45) is 0. The molecule has 1 aromatic heterocycles. The average molecular weight is 483 g/mol. The van der Waals surface area contributed by atoms with Crippen molar-refractivity contribution in [2.75, 3.05) is 4.90 Å². The van der Waals surface area contributed by atoms with Gasteiger partial charge in [-0.25, -0.2) is 4.98 Å². The van der Waals surface area contributed by atoms with E-state index in [1.165, 1.54) is 22.3 Å². The van der Waals surface area contributed by atoms with E-state index in [4.69, 9.17) is 0 Å². The van der Waals surface area contributed by atoms with Gasteiger partial charge in [-0.1, -0.05) is 66.7 Å². The summed E-state index contributed by atoms with van der Waals surface area (Å²) in [5, 5.41) is 22.3. The normalized spacial score (nSPS) is 15.7. The van der Waals surface area contributed by atoms with E-state index in [1.54, 1.807) is 43.3 Å². The summed E-state index contributed by atoms with van der Waals surface area (Å²) in [4.78, 5) is 33.5. The van der Waals surface area contributed by atoms with Crippen LogP contribution >= 0.6 is 11.3 Å². The van der Waals surface area contributed by atoms with Crippen LogP contribution in [0.3, 0.4) is 0 Å². The smallest absolute Gasteiger partial charge is 0.294 e. The molecule has 0 radical (unpaired) electrons. The van der Waals surface area contributed by atoms with E-state index in [9.17, 15) is 19.8 Å². The predicted molar refractivity (Wildman–Crippen MR) is 136 cm³/mol. The number of nitrogens with zero attached hydrogens (tertiary/aromatic N) is 2. The number of aryl methyl sites for hydroxylation is 2. The van der Waals surface area contributed by atoms with Crippen molar-refractivity contribution in [3.05, 3.63) is 112 Å². The SMILES string of the molecule is Cc1ccc(O)c(N2C(=O)C(O)=C(C(=O)c3sc(-c4ccccc4)nc3C)C2c2ccccc2)c1. The molecule has 1 aliphatic heterocycles. The predicted octanol–water partition coefficient (Wildman–Crippen LogP) is 5.92. The quantitative estimate of drug-likeness (QED) is 0.345. The topological polar surface area (TPSA) is 90.7 Å². The molecule has 0 fully saturated rings. The fourth-order valence-electron chi connectivity index (χ4n) is 4.30. The second-order valence-electron chi connectivity index (χ2n) is 8.37. The van der Waals surface area contributed by atoms with Crippen LogP contribution in [0.15, 0.2) is 90.2 Å². The highest BCUT2D eigenvalue weighted by Gasteiger charge is 2.46. The van der Waals surface area contributed by atoms with Gasteiger partial charge in [0, 0.05) is 5.56 Å². The average Bonchev–Trinajstić information content (AvgIpc) is 3.39. The van der Waals surface area contributed by atoms with Crippen molar-refractivity contribution in [3.63, 3.8) is 0 Å². The Morgan fingerprint density at radius 3 is 2.29 bits per heavy atom. The maximum absolute atomic E-state index is 13.9. The molecule has 3 aromatic carbocycles. The molecule has 6 nitrogen and oxygen atoms in total. The summed E-state index contributed by atoms with van der Waals surface area (Å²) in [7, 11) is 0. The Labute approximate surface area is 206 Å². The summed E-state index contributed by atoms with van der Waals surface area (Å²) < 4.78 is 0. The van der Waals surface area contributed by atoms with Gasteiger partial charge in [0.15, 0.2) is 5.76 Å². The molecule has 0 bridgehead atoms. The van der Waals surface area contributed by atoms with Gasteiger partial charge in [0.25, 0.3) is 5.91 Å². The van der Waals surface area contributed by atoms with Crippen LogP contribution in [0.4, 0.5) is 5.69 Å². The van der Waals surface area contributed by atoms with E-state index in [1.807, 2.05) is 43.3 Å². The van der Waals surface area contributed by atoms with Gasteiger partial charge in [-0.05, 0) is 37.1 Å². The second kappa shape index (κ2) is 8.85. The third-order valence-electron chi connectivity index (χ3n) is 5.98. The maximum Gasteiger partial charge on any atom is 0.294 e. The Morgan fingerprint density at radius 1 is 0.943 bits per heavy atom. The van der Waals surface area contributed by atoms with E-state index in [0.29, 0.717) is 21.1 Å². The number of aliphatic hydroxyl groups is 1. The molecule has 4 aromatic rings. The number of carbonyl (C=O) groups excluding carboxylic acids is 2. The first-order valence-electron chi connectivity index (χ1n) is 11.1. The lowest BCUT2D eigenvalue weighted by atomic mass is 9.94. The number of Topliss-reactive ketones (excluding diaryl/α,β-unsaturated/α-hetero) is 1. The molecular weight excluding hydrogens is 460 g/mol. The number of aliphatic hydroxyl groups excluding tert-OH is 1. The highest BCUT2D eigenvalue weighted by Crippen LogP contribution is 2.45. The van der Waals surface area contributed by atoms with Crippen LogP contribution in [-0.4, -0.2) is 26.9 Å². The number of hydrogen-bond acceptors (Lipinski definition) is 6. The number of carbonyl (C=O) groups is 2. The van der Waals surface area contributed by atoms with Crippen LogP contribution in [0, 0.1) is 13.8 Å². The number of anilines is 1. The van der Waals surface area contributed by atoms with Gasteiger partial charge >= 0.3 is 0 Å². The van der Waals surface area contributed by atoms with Crippen LogP contribution < -0.4 is 4.90 Å². The molecule has 1 unspecified atom stereocenters. The van der Waals surface area contributed by atoms with Gasteiger partial charge in [-0.3, -0.25) is 14.5 Å². The summed E-state index contributed by atoms with van der Waals surface area (Å²) in [5.41, 5.74) is 3.06. The molecule has 0 aliphatic carbocycles. The summed E-state index contributed by atoms with van der Waals surface area (Å²) in [6.45, 7) is 3.58. The lowest BCUT2D eigenvalue weighted by molar-refractivity contribution is -0.117. The minimum absolute atomic E-state index is 0.0338. The van der Waals surface area contributed by atoms with Gasteiger partial charge in [-0.15, -0.1) is 11.3 Å². The van der Waals surface area contributed by atoms with Gasteiger partial charge in [0.2, 0.25) is 5.78 Å². The van der Waals surface area contributed by atoms with E-state index in [2.05, 4.69) is 4.98 Å². The van der Waals surface area contributed by atoms with Crippen molar-refractivity contribution in [1.29, 1.82) is 0 Å². The Kier molecular flexibility index (Phi) is 5.70. The van der Waals surface area contributed by atoms with E-state index >= 15 is 0 Å². The number of phenols is 1. The zero-order chi connectivity index (χ0) is 24.7. The molecule has 0 saturated carbocycles. The summed E-state index contributed by atoms with van der Waals surface area (Å²) >= 11 is 1.23. The molecule has 2 N–H and O–H groups in total. The van der Waals surface area contributed by atoms with Crippen LogP contribution in [0.1, 0.15) is 32.5 Å². The first-order valence-corrected chi connectivity index (χ1v) is 11.9. The number of amides is 1. The molecule has 1 amide bonds. The van der Waals surface area contributed by atoms with Gasteiger partial charge in [0.1, 0.15) is 10.8 Å². The van der Waals surface area contributed by atoms with Crippen LogP contribution in [0.5, 0.6) is 5.75 Å². The largest absolute Gasteiger partial charge is 0.506 e. The number of thiazole rings is 1. The fraction of sp³-hybridized carbons (Fsp3) is 0.107. The van der Waals surface area contributed by atoms with Crippen molar-refractivity contribution in [3.8, 4) is 16.3 Å². The third kappa shape index (κ3) is 3.90. The van der Waals surface area contributed by atoms with Gasteiger partial charge in [0.05, 0.1) is 27.9 Å². The van der Waals surface area contributed by atoms with Crippen LogP contribution in [0.2, 0.25) is 0 Å². The van der Waals surface area contributed by atoms with Crippen molar-refractivity contribution in [1.82, 2.24) is 4.98 Å². The first-order chi connectivity index (χ1) is 16.9. The summed E-state index contributed by atoms with van der Waals surface area (Å²) in [5.74, 6) is -1.95. The lowest BCUT2D eigenvalue weighted by Gasteiger charge is -2.27. The Hall–Kier alpha value is -4.23. The number of rotatable bonds is 5. The van der Waals surface area contributed by atoms with E-state index in [-0.39, 0.29) is 17.0 Å². The molecule has 0 saturated heterocycles. The Morgan fingerprint density at radius 2 is 1.60 bits per heavy atom. The monoisotopic (exact) mass is 482 g/mol. The molecule has 7 heteroatoms. The van der Waals surface area contributed by atoms with Crippen molar-refractivity contribution in [2.24, 2.45) is 0 Å². The van der Waals surface area contributed by atoms with Crippen LogP contribution in [-0.2, 0) is 4.79 Å². The minimum atomic E-state index is -0.912. The van der Waals surface area contributed by atoms with Gasteiger partial charge in [-0.2, -0.15) is 0 Å². The number of aromatic nitrogens is 1. The van der Waals surface area contributed by atoms with Crippen molar-refractivity contribution < 1.29 is 19.8 Å². The third-order valence-corrected chi connectivity index (χ3v) is 7.19.